The maximum atomic E-state index is 13.2. The number of nitrogens with one attached hydrogen (secondary N) is 1. The second-order valence-electron chi connectivity index (χ2n) is 5.76. The van der Waals surface area contributed by atoms with Crippen molar-refractivity contribution in [2.75, 3.05) is 7.05 Å². The molecule has 5 nitrogen and oxygen atoms in total. The Balaban J connectivity index is 1.53. The predicted octanol–water partition coefficient (Wildman–Crippen LogP) is 3.35. The Morgan fingerprint density at radius 3 is 2.64 bits per heavy atom. The standard InChI is InChI=1S/C19H19FN4O/c1-23(14-16-4-2-5-17(20)12-16)19(25)21-13-15-6-8-18(9-7-15)24-11-3-10-22-24/h2-12H,13-14H2,1H3,(H,21,25). The van der Waals surface area contributed by atoms with E-state index < -0.39 is 0 Å². The van der Waals surface area contributed by atoms with Gasteiger partial charge in [-0.3, -0.25) is 0 Å². The zero-order valence-corrected chi connectivity index (χ0v) is 13.9. The van der Waals surface area contributed by atoms with Crippen molar-refractivity contribution >= 4 is 6.03 Å². The molecule has 3 rings (SSSR count). The molecule has 2 aromatic carbocycles. The van der Waals surface area contributed by atoms with Crippen LogP contribution in [0.2, 0.25) is 0 Å². The molecule has 3 aromatic rings. The maximum Gasteiger partial charge on any atom is 0.317 e. The molecule has 1 aromatic heterocycles. The number of amides is 2. The second kappa shape index (κ2) is 7.61. The highest BCUT2D eigenvalue weighted by Gasteiger charge is 2.09. The number of rotatable bonds is 5. The molecule has 0 aliphatic rings. The van der Waals surface area contributed by atoms with Crippen LogP contribution < -0.4 is 5.32 Å². The Morgan fingerprint density at radius 1 is 1.16 bits per heavy atom. The zero-order chi connectivity index (χ0) is 17.6. The summed E-state index contributed by atoms with van der Waals surface area (Å²) < 4.78 is 15.0. The predicted molar refractivity (Wildman–Crippen MR) is 93.7 cm³/mol. The number of halogens is 1. The Bertz CT molecular complexity index is 831. The third kappa shape index (κ3) is 4.44. The summed E-state index contributed by atoms with van der Waals surface area (Å²) >= 11 is 0. The highest BCUT2D eigenvalue weighted by Crippen LogP contribution is 2.09. The fraction of sp³-hybridized carbons (Fsp3) is 0.158. The molecule has 128 valence electrons. The normalized spacial score (nSPS) is 10.5. The van der Waals surface area contributed by atoms with Gasteiger partial charge in [0.05, 0.1) is 5.69 Å². The topological polar surface area (TPSA) is 50.2 Å². The summed E-state index contributed by atoms with van der Waals surface area (Å²) in [5, 5.41) is 7.03. The number of hydrogen-bond acceptors (Lipinski definition) is 2. The summed E-state index contributed by atoms with van der Waals surface area (Å²) in [5.74, 6) is -0.302. The van der Waals surface area contributed by atoms with Crippen LogP contribution in [0, 0.1) is 5.82 Å². The van der Waals surface area contributed by atoms with Crippen LogP contribution in [0.5, 0.6) is 0 Å². The lowest BCUT2D eigenvalue weighted by Crippen LogP contribution is -2.36. The van der Waals surface area contributed by atoms with Crippen molar-refractivity contribution in [2.24, 2.45) is 0 Å². The minimum absolute atomic E-state index is 0.208. The van der Waals surface area contributed by atoms with Crippen molar-refractivity contribution in [3.05, 3.63) is 83.9 Å². The highest BCUT2D eigenvalue weighted by atomic mass is 19.1. The SMILES string of the molecule is CN(Cc1cccc(F)c1)C(=O)NCc1ccc(-n2cccn2)cc1. The number of urea groups is 1. The summed E-state index contributed by atoms with van der Waals surface area (Å²) in [5.41, 5.74) is 2.70. The number of benzene rings is 2. The van der Waals surface area contributed by atoms with E-state index in [2.05, 4.69) is 10.4 Å². The molecule has 0 unspecified atom stereocenters. The lowest BCUT2D eigenvalue weighted by Gasteiger charge is -2.18. The molecule has 0 bridgehead atoms. The first-order valence-corrected chi connectivity index (χ1v) is 7.94. The van der Waals surface area contributed by atoms with Crippen LogP contribution in [-0.2, 0) is 13.1 Å². The number of aromatic nitrogens is 2. The van der Waals surface area contributed by atoms with E-state index in [-0.39, 0.29) is 11.8 Å². The van der Waals surface area contributed by atoms with E-state index in [1.165, 1.54) is 17.0 Å². The summed E-state index contributed by atoms with van der Waals surface area (Å²) in [6, 6.07) is 15.7. The first-order valence-electron chi connectivity index (χ1n) is 7.94. The Morgan fingerprint density at radius 2 is 1.96 bits per heavy atom. The second-order valence-corrected chi connectivity index (χ2v) is 5.76. The van der Waals surface area contributed by atoms with Gasteiger partial charge in [-0.25, -0.2) is 13.9 Å². The maximum absolute atomic E-state index is 13.2. The molecule has 0 saturated heterocycles. The molecule has 0 fully saturated rings. The van der Waals surface area contributed by atoms with E-state index in [1.54, 1.807) is 30.1 Å². The zero-order valence-electron chi connectivity index (χ0n) is 13.9. The summed E-state index contributed by atoms with van der Waals surface area (Å²) in [6.07, 6.45) is 3.60. The molecule has 2 amide bonds. The van der Waals surface area contributed by atoms with Crippen molar-refractivity contribution in [1.82, 2.24) is 20.0 Å². The van der Waals surface area contributed by atoms with E-state index in [9.17, 15) is 9.18 Å². The number of carbonyl (C=O) groups excluding carboxylic acids is 1. The molecule has 1 N–H and O–H groups in total. The average molecular weight is 338 g/mol. The van der Waals surface area contributed by atoms with Crippen molar-refractivity contribution in [3.8, 4) is 5.69 Å². The quantitative estimate of drug-likeness (QED) is 0.775. The number of nitrogens with zero attached hydrogens (tertiary/aromatic N) is 3. The van der Waals surface area contributed by atoms with Crippen LogP contribution >= 0.6 is 0 Å². The van der Waals surface area contributed by atoms with Crippen LogP contribution in [0.3, 0.4) is 0 Å². The van der Waals surface area contributed by atoms with Crippen molar-refractivity contribution in [3.63, 3.8) is 0 Å². The Kier molecular flexibility index (Phi) is 5.09. The van der Waals surface area contributed by atoms with Gasteiger partial charge in [0.15, 0.2) is 0 Å². The van der Waals surface area contributed by atoms with Gasteiger partial charge in [-0.15, -0.1) is 0 Å². The summed E-state index contributed by atoms with van der Waals surface area (Å²) in [6.45, 7) is 0.771. The van der Waals surface area contributed by atoms with E-state index in [1.807, 2.05) is 36.5 Å². The van der Waals surface area contributed by atoms with Crippen molar-refractivity contribution < 1.29 is 9.18 Å². The van der Waals surface area contributed by atoms with E-state index in [0.717, 1.165) is 16.8 Å². The molecule has 0 aliphatic heterocycles. The third-order valence-corrected chi connectivity index (χ3v) is 3.80. The molecule has 0 aliphatic carbocycles. The van der Waals surface area contributed by atoms with Crippen LogP contribution in [0.1, 0.15) is 11.1 Å². The Labute approximate surface area is 145 Å². The van der Waals surface area contributed by atoms with Gasteiger partial charge in [0, 0.05) is 32.5 Å². The van der Waals surface area contributed by atoms with Crippen LogP contribution in [0.4, 0.5) is 9.18 Å². The molecule has 0 radical (unpaired) electrons. The molecule has 0 saturated carbocycles. The first kappa shape index (κ1) is 16.7. The summed E-state index contributed by atoms with van der Waals surface area (Å²) in [4.78, 5) is 13.7. The van der Waals surface area contributed by atoms with Crippen LogP contribution in [0.15, 0.2) is 67.0 Å². The van der Waals surface area contributed by atoms with Gasteiger partial charge in [0.2, 0.25) is 0 Å². The monoisotopic (exact) mass is 338 g/mol. The van der Waals surface area contributed by atoms with Gasteiger partial charge in [-0.1, -0.05) is 24.3 Å². The van der Waals surface area contributed by atoms with E-state index >= 15 is 0 Å². The average Bonchev–Trinajstić information content (AvgIpc) is 3.14. The first-order chi connectivity index (χ1) is 12.1. The van der Waals surface area contributed by atoms with Gasteiger partial charge < -0.3 is 10.2 Å². The third-order valence-electron chi connectivity index (χ3n) is 3.80. The van der Waals surface area contributed by atoms with Gasteiger partial charge in [0.1, 0.15) is 5.82 Å². The van der Waals surface area contributed by atoms with Gasteiger partial charge in [-0.2, -0.15) is 5.10 Å². The summed E-state index contributed by atoms with van der Waals surface area (Å²) in [7, 11) is 1.68. The van der Waals surface area contributed by atoms with Crippen molar-refractivity contribution in [1.29, 1.82) is 0 Å². The van der Waals surface area contributed by atoms with E-state index in [4.69, 9.17) is 0 Å². The molecular formula is C19H19FN4O. The lowest BCUT2D eigenvalue weighted by atomic mass is 10.2. The molecule has 1 heterocycles. The van der Waals surface area contributed by atoms with Crippen molar-refractivity contribution in [2.45, 2.75) is 13.1 Å². The lowest BCUT2D eigenvalue weighted by molar-refractivity contribution is 0.206. The molecular weight excluding hydrogens is 319 g/mol. The minimum atomic E-state index is -0.302. The number of hydrogen-bond donors (Lipinski definition) is 1. The molecule has 0 spiro atoms. The largest absolute Gasteiger partial charge is 0.334 e. The highest BCUT2D eigenvalue weighted by molar-refractivity contribution is 5.73. The van der Waals surface area contributed by atoms with Crippen LogP contribution in [0.25, 0.3) is 5.69 Å². The van der Waals surface area contributed by atoms with Gasteiger partial charge in [0.25, 0.3) is 0 Å². The van der Waals surface area contributed by atoms with Gasteiger partial charge in [-0.05, 0) is 41.5 Å². The molecule has 6 heteroatoms. The van der Waals surface area contributed by atoms with Gasteiger partial charge >= 0.3 is 6.03 Å². The van der Waals surface area contributed by atoms with Crippen LogP contribution in [-0.4, -0.2) is 27.8 Å². The fourth-order valence-corrected chi connectivity index (χ4v) is 2.48. The Hall–Kier alpha value is -3.15. The van der Waals surface area contributed by atoms with E-state index in [0.29, 0.717) is 13.1 Å². The minimum Gasteiger partial charge on any atom is -0.334 e. The number of carbonyl (C=O) groups is 1. The molecule has 0 atom stereocenters. The smallest absolute Gasteiger partial charge is 0.317 e. The fourth-order valence-electron chi connectivity index (χ4n) is 2.48. The molecule has 25 heavy (non-hydrogen) atoms.